The molecule has 0 saturated heterocycles. The number of ether oxygens (including phenoxy) is 1. The summed E-state index contributed by atoms with van der Waals surface area (Å²) in [6, 6.07) is 15.7. The average molecular weight is 308 g/mol. The van der Waals surface area contributed by atoms with Crippen LogP contribution in [0.15, 0.2) is 53.6 Å². The van der Waals surface area contributed by atoms with Gasteiger partial charge in [0.05, 0.1) is 19.2 Å². The molecule has 0 bridgehead atoms. The standard InChI is InChI=1S/C19H20N2O2/c1-23-16-11-9-14(10-12-16)13-19(22)21-20-18-8-4-6-15-5-2-3-7-17(15)18/h2-3,5,7,9-12H,4,6,8,13H2,1H3,(H,21,22)/b20-18+. The van der Waals surface area contributed by atoms with Crippen molar-refractivity contribution >= 4 is 11.6 Å². The molecule has 0 atom stereocenters. The first kappa shape index (κ1) is 15.3. The lowest BCUT2D eigenvalue weighted by atomic mass is 9.90. The molecule has 2 aromatic rings. The van der Waals surface area contributed by atoms with E-state index in [9.17, 15) is 4.79 Å². The Labute approximate surface area is 136 Å². The molecule has 0 spiro atoms. The number of hydrazone groups is 1. The summed E-state index contributed by atoms with van der Waals surface area (Å²) in [5, 5.41) is 4.35. The summed E-state index contributed by atoms with van der Waals surface area (Å²) < 4.78 is 5.11. The van der Waals surface area contributed by atoms with Crippen LogP contribution in [0.2, 0.25) is 0 Å². The highest BCUT2D eigenvalue weighted by Gasteiger charge is 2.15. The number of carbonyl (C=O) groups excluding carboxylic acids is 1. The van der Waals surface area contributed by atoms with Crippen LogP contribution in [-0.2, 0) is 17.6 Å². The third-order valence-electron chi connectivity index (χ3n) is 4.03. The number of hydrogen-bond donors (Lipinski definition) is 1. The fourth-order valence-corrected chi connectivity index (χ4v) is 2.82. The first-order chi connectivity index (χ1) is 11.3. The summed E-state index contributed by atoms with van der Waals surface area (Å²) in [6.45, 7) is 0. The second kappa shape index (κ2) is 7.09. The van der Waals surface area contributed by atoms with E-state index in [-0.39, 0.29) is 5.91 Å². The number of methoxy groups -OCH3 is 1. The molecule has 0 unspecified atom stereocenters. The average Bonchev–Trinajstić information content (AvgIpc) is 2.60. The molecule has 4 heteroatoms. The van der Waals surface area contributed by atoms with Crippen molar-refractivity contribution in [3.05, 3.63) is 65.2 Å². The summed E-state index contributed by atoms with van der Waals surface area (Å²) in [5.74, 6) is 0.680. The summed E-state index contributed by atoms with van der Waals surface area (Å²) in [7, 11) is 1.62. The lowest BCUT2D eigenvalue weighted by molar-refractivity contribution is -0.120. The zero-order valence-corrected chi connectivity index (χ0v) is 13.2. The highest BCUT2D eigenvalue weighted by atomic mass is 16.5. The third-order valence-corrected chi connectivity index (χ3v) is 4.03. The van der Waals surface area contributed by atoms with E-state index in [0.29, 0.717) is 6.42 Å². The summed E-state index contributed by atoms with van der Waals surface area (Å²) in [6.07, 6.45) is 3.36. The molecule has 0 radical (unpaired) electrons. The van der Waals surface area contributed by atoms with Crippen LogP contribution >= 0.6 is 0 Å². The van der Waals surface area contributed by atoms with Crippen LogP contribution in [0.4, 0.5) is 0 Å². The van der Waals surface area contributed by atoms with Crippen molar-refractivity contribution in [2.45, 2.75) is 25.7 Å². The molecule has 0 heterocycles. The minimum atomic E-state index is -0.106. The molecule has 2 aromatic carbocycles. The monoisotopic (exact) mass is 308 g/mol. The van der Waals surface area contributed by atoms with Crippen LogP contribution in [0.3, 0.4) is 0 Å². The molecule has 1 N–H and O–H groups in total. The highest BCUT2D eigenvalue weighted by Crippen LogP contribution is 2.21. The maximum absolute atomic E-state index is 12.1. The van der Waals surface area contributed by atoms with E-state index < -0.39 is 0 Å². The van der Waals surface area contributed by atoms with Crippen molar-refractivity contribution in [1.82, 2.24) is 5.43 Å². The van der Waals surface area contributed by atoms with Gasteiger partial charge < -0.3 is 4.74 Å². The number of hydrogen-bond acceptors (Lipinski definition) is 3. The molecule has 4 nitrogen and oxygen atoms in total. The van der Waals surface area contributed by atoms with Crippen molar-refractivity contribution in [2.24, 2.45) is 5.10 Å². The molecule has 3 rings (SSSR count). The number of nitrogens with zero attached hydrogens (tertiary/aromatic N) is 1. The topological polar surface area (TPSA) is 50.7 Å². The molecular formula is C19H20N2O2. The van der Waals surface area contributed by atoms with Gasteiger partial charge in [-0.15, -0.1) is 0 Å². The van der Waals surface area contributed by atoms with E-state index >= 15 is 0 Å². The fraction of sp³-hybridized carbons (Fsp3) is 0.263. The van der Waals surface area contributed by atoms with E-state index in [1.54, 1.807) is 7.11 Å². The van der Waals surface area contributed by atoms with E-state index in [0.717, 1.165) is 41.9 Å². The van der Waals surface area contributed by atoms with E-state index in [1.807, 2.05) is 36.4 Å². The van der Waals surface area contributed by atoms with Crippen LogP contribution in [0.25, 0.3) is 0 Å². The van der Waals surface area contributed by atoms with Gasteiger partial charge in [-0.05, 0) is 42.5 Å². The molecule has 0 fully saturated rings. The predicted molar refractivity (Wildman–Crippen MR) is 90.8 cm³/mol. The van der Waals surface area contributed by atoms with Crippen molar-refractivity contribution in [3.63, 3.8) is 0 Å². The second-order valence-corrected chi connectivity index (χ2v) is 5.63. The van der Waals surface area contributed by atoms with E-state index in [4.69, 9.17) is 4.74 Å². The second-order valence-electron chi connectivity index (χ2n) is 5.63. The Kier molecular flexibility index (Phi) is 4.71. The maximum Gasteiger partial charge on any atom is 0.244 e. The van der Waals surface area contributed by atoms with E-state index in [2.05, 4.69) is 22.7 Å². The molecule has 0 aliphatic heterocycles. The van der Waals surface area contributed by atoms with Gasteiger partial charge >= 0.3 is 0 Å². The minimum absolute atomic E-state index is 0.106. The Morgan fingerprint density at radius 3 is 2.70 bits per heavy atom. The van der Waals surface area contributed by atoms with Crippen LogP contribution < -0.4 is 10.2 Å². The molecule has 1 aliphatic rings. The quantitative estimate of drug-likeness (QED) is 0.882. The van der Waals surface area contributed by atoms with Crippen molar-refractivity contribution in [1.29, 1.82) is 0 Å². The van der Waals surface area contributed by atoms with Gasteiger partial charge in [0.1, 0.15) is 5.75 Å². The number of aryl methyl sites for hydroxylation is 1. The van der Waals surface area contributed by atoms with Crippen molar-refractivity contribution < 1.29 is 9.53 Å². The van der Waals surface area contributed by atoms with Gasteiger partial charge in [0.25, 0.3) is 0 Å². The number of fused-ring (bicyclic) bond motifs is 1. The smallest absolute Gasteiger partial charge is 0.244 e. The van der Waals surface area contributed by atoms with Crippen LogP contribution in [-0.4, -0.2) is 18.7 Å². The Bertz CT molecular complexity index is 720. The van der Waals surface area contributed by atoms with Crippen LogP contribution in [0.1, 0.15) is 29.5 Å². The number of benzene rings is 2. The molecular weight excluding hydrogens is 288 g/mol. The van der Waals surface area contributed by atoms with Gasteiger partial charge in [-0.1, -0.05) is 36.4 Å². The van der Waals surface area contributed by atoms with Gasteiger partial charge in [0.15, 0.2) is 0 Å². The number of nitrogens with one attached hydrogen (secondary N) is 1. The first-order valence-corrected chi connectivity index (χ1v) is 7.83. The van der Waals surface area contributed by atoms with Gasteiger partial charge in [-0.3, -0.25) is 4.79 Å². The minimum Gasteiger partial charge on any atom is -0.497 e. The van der Waals surface area contributed by atoms with Gasteiger partial charge in [-0.2, -0.15) is 5.10 Å². The highest BCUT2D eigenvalue weighted by molar-refractivity contribution is 6.03. The molecule has 0 aromatic heterocycles. The number of rotatable bonds is 4. The summed E-state index contributed by atoms with van der Waals surface area (Å²) in [4.78, 5) is 12.1. The van der Waals surface area contributed by atoms with Crippen molar-refractivity contribution in [2.75, 3.05) is 7.11 Å². The predicted octanol–water partition coefficient (Wildman–Crippen LogP) is 3.09. The fourth-order valence-electron chi connectivity index (χ4n) is 2.82. The summed E-state index contributed by atoms with van der Waals surface area (Å²) >= 11 is 0. The Morgan fingerprint density at radius 2 is 1.91 bits per heavy atom. The number of amides is 1. The molecule has 23 heavy (non-hydrogen) atoms. The summed E-state index contributed by atoms with van der Waals surface area (Å²) in [5.41, 5.74) is 7.06. The Hall–Kier alpha value is -2.62. The SMILES string of the molecule is COc1ccc(CC(=O)N/N=C2\CCCc3ccccc32)cc1. The molecule has 0 saturated carbocycles. The normalized spacial score (nSPS) is 15.1. The zero-order valence-electron chi connectivity index (χ0n) is 13.2. The van der Waals surface area contributed by atoms with Crippen LogP contribution in [0, 0.1) is 0 Å². The van der Waals surface area contributed by atoms with Gasteiger partial charge in [0, 0.05) is 5.56 Å². The van der Waals surface area contributed by atoms with Crippen LogP contribution in [0.5, 0.6) is 5.75 Å². The number of carbonyl (C=O) groups is 1. The first-order valence-electron chi connectivity index (χ1n) is 7.83. The largest absolute Gasteiger partial charge is 0.497 e. The van der Waals surface area contributed by atoms with Gasteiger partial charge in [-0.25, -0.2) is 5.43 Å². The zero-order chi connectivity index (χ0) is 16.1. The van der Waals surface area contributed by atoms with Gasteiger partial charge in [0.2, 0.25) is 5.91 Å². The third kappa shape index (κ3) is 3.77. The molecule has 118 valence electrons. The lowest BCUT2D eigenvalue weighted by Crippen LogP contribution is -2.23. The molecule has 1 aliphatic carbocycles. The lowest BCUT2D eigenvalue weighted by Gasteiger charge is -2.17. The Balaban J connectivity index is 1.64. The molecule has 1 amide bonds. The maximum atomic E-state index is 12.1. The Morgan fingerprint density at radius 1 is 1.13 bits per heavy atom. The van der Waals surface area contributed by atoms with Crippen molar-refractivity contribution in [3.8, 4) is 5.75 Å². The van der Waals surface area contributed by atoms with E-state index in [1.165, 1.54) is 5.56 Å².